The van der Waals surface area contributed by atoms with Crippen molar-refractivity contribution in [2.75, 3.05) is 0 Å². The van der Waals surface area contributed by atoms with Crippen molar-refractivity contribution >= 4 is 25.0 Å². The second-order valence-corrected chi connectivity index (χ2v) is 16.2. The number of alkyl halides is 12. The van der Waals surface area contributed by atoms with E-state index >= 15 is 0 Å². The lowest BCUT2D eigenvalue weighted by Gasteiger charge is -2.20. The molecule has 0 saturated heterocycles. The summed E-state index contributed by atoms with van der Waals surface area (Å²) in [6.45, 7) is 5.45. The van der Waals surface area contributed by atoms with Crippen LogP contribution >= 0.6 is 11.6 Å². The molecule has 0 aliphatic carbocycles. The van der Waals surface area contributed by atoms with Gasteiger partial charge in [0, 0.05) is 22.3 Å². The molecule has 1 heterocycles. The Labute approximate surface area is 247 Å². The van der Waals surface area contributed by atoms with Crippen molar-refractivity contribution < 1.29 is 52.7 Å². The third-order valence-corrected chi connectivity index (χ3v) is 8.35. The fourth-order valence-electron chi connectivity index (χ4n) is 4.22. The maximum atomic E-state index is 13.7. The van der Waals surface area contributed by atoms with E-state index in [1.165, 1.54) is 6.20 Å². The van der Waals surface area contributed by atoms with Gasteiger partial charge in [0.15, 0.2) is 0 Å². The smallest absolute Gasteiger partial charge is 0.220 e. The highest BCUT2D eigenvalue weighted by molar-refractivity contribution is 6.88. The topological polar surface area (TPSA) is 30.7 Å². The van der Waals surface area contributed by atoms with Gasteiger partial charge < -0.3 is 0 Å². The molecule has 3 aromatic carbocycles. The van der Waals surface area contributed by atoms with Crippen LogP contribution in [0.4, 0.5) is 52.7 Å². The number of nitrogens with zero attached hydrogens (tertiary/aromatic N) is 3. The molecular formula is C27H18ClF12N3Si. The van der Waals surface area contributed by atoms with E-state index in [2.05, 4.69) is 10.3 Å². The number of hydrogen-bond donors (Lipinski definition) is 0. The molecule has 0 radical (unpaired) electrons. The highest BCUT2D eigenvalue weighted by Gasteiger charge is 2.39. The van der Waals surface area contributed by atoms with Gasteiger partial charge in [0.05, 0.1) is 33.3 Å². The van der Waals surface area contributed by atoms with E-state index in [1.807, 2.05) is 19.6 Å². The van der Waals surface area contributed by atoms with Crippen molar-refractivity contribution in [2.24, 2.45) is 0 Å². The Kier molecular flexibility index (Phi) is 8.20. The SMILES string of the molecule is C[Si](C)(C)c1cn(-c2c(-c3cc(C(F)(F)F)cc(C(F)(F)F)c3)cc(Cl)cc2-c2cc(C(F)(F)F)cc(C(F)(F)F)c2)nn1. The fraction of sp³-hybridized carbons (Fsp3) is 0.259. The number of hydrogen-bond acceptors (Lipinski definition) is 2. The third-order valence-electron chi connectivity index (χ3n) is 6.36. The number of aromatic nitrogens is 3. The van der Waals surface area contributed by atoms with Crippen LogP contribution in [0.5, 0.6) is 0 Å². The summed E-state index contributed by atoms with van der Waals surface area (Å²) < 4.78 is 165. The first-order chi connectivity index (χ1) is 19.9. The molecule has 0 aliphatic rings. The standard InChI is InChI=1S/C27H18ClF12N3Si/c1-44(2,3)22-12-43(42-41-22)23-20(13-4-15(24(29,30)31)8-16(5-13)25(32,33)34)10-19(28)11-21(23)14-6-17(26(35,36)37)9-18(7-14)27(38,39)40/h4-12H,1-3H3. The Morgan fingerprint density at radius 3 is 1.18 bits per heavy atom. The molecule has 0 amide bonds. The summed E-state index contributed by atoms with van der Waals surface area (Å²) in [5.74, 6) is 0. The van der Waals surface area contributed by atoms with Crippen LogP contribution in [-0.4, -0.2) is 23.1 Å². The average molecular weight is 676 g/mol. The second kappa shape index (κ2) is 10.8. The fourth-order valence-corrected chi connectivity index (χ4v) is 5.30. The monoisotopic (exact) mass is 675 g/mol. The molecule has 0 N–H and O–H groups in total. The highest BCUT2D eigenvalue weighted by atomic mass is 35.5. The van der Waals surface area contributed by atoms with Gasteiger partial charge in [-0.3, -0.25) is 0 Å². The molecule has 0 bridgehead atoms. The molecule has 0 fully saturated rings. The van der Waals surface area contributed by atoms with Crippen LogP contribution in [0.2, 0.25) is 24.7 Å². The van der Waals surface area contributed by atoms with Gasteiger partial charge >= 0.3 is 24.7 Å². The molecule has 0 unspecified atom stereocenters. The van der Waals surface area contributed by atoms with E-state index in [1.54, 1.807) is 0 Å². The molecular weight excluding hydrogens is 658 g/mol. The molecule has 4 rings (SSSR count). The third kappa shape index (κ3) is 7.06. The Bertz CT molecular complexity index is 1550. The molecule has 17 heteroatoms. The summed E-state index contributed by atoms with van der Waals surface area (Å²) >= 11 is 6.18. The van der Waals surface area contributed by atoms with Crippen LogP contribution in [0, 0.1) is 0 Å². The Morgan fingerprint density at radius 2 is 0.909 bits per heavy atom. The molecule has 0 saturated carbocycles. The van der Waals surface area contributed by atoms with Crippen molar-refractivity contribution in [3.8, 4) is 27.9 Å². The lowest BCUT2D eigenvalue weighted by atomic mass is 9.92. The zero-order valence-electron chi connectivity index (χ0n) is 22.5. The normalized spacial score (nSPS) is 13.5. The zero-order chi connectivity index (χ0) is 33.2. The summed E-state index contributed by atoms with van der Waals surface area (Å²) in [6.07, 6.45) is -19.8. The first-order valence-corrected chi connectivity index (χ1v) is 16.1. The molecule has 1 aromatic heterocycles. The van der Waals surface area contributed by atoms with Crippen LogP contribution in [0.25, 0.3) is 27.9 Å². The van der Waals surface area contributed by atoms with Gasteiger partial charge in [0.2, 0.25) is 0 Å². The summed E-state index contributed by atoms with van der Waals surface area (Å²) in [4.78, 5) is 0. The average Bonchev–Trinajstić information content (AvgIpc) is 3.36. The lowest BCUT2D eigenvalue weighted by molar-refractivity contribution is -0.144. The second-order valence-electron chi connectivity index (χ2n) is 10.7. The molecule has 0 atom stereocenters. The van der Waals surface area contributed by atoms with Crippen molar-refractivity contribution in [1.82, 2.24) is 15.0 Å². The molecule has 0 spiro atoms. The summed E-state index contributed by atoms with van der Waals surface area (Å²) in [5.41, 5.74) is -9.78. The van der Waals surface area contributed by atoms with Gasteiger partial charge in [0.25, 0.3) is 0 Å². The van der Waals surface area contributed by atoms with Gasteiger partial charge in [-0.1, -0.05) is 36.5 Å². The molecule has 236 valence electrons. The largest absolute Gasteiger partial charge is 0.416 e. The van der Waals surface area contributed by atoms with Crippen LogP contribution in [-0.2, 0) is 24.7 Å². The minimum Gasteiger partial charge on any atom is -0.220 e. The first-order valence-electron chi connectivity index (χ1n) is 12.2. The van der Waals surface area contributed by atoms with Gasteiger partial charge in [-0.05, 0) is 59.7 Å². The van der Waals surface area contributed by atoms with E-state index in [9.17, 15) is 52.7 Å². The van der Waals surface area contributed by atoms with E-state index < -0.39 is 88.0 Å². The van der Waals surface area contributed by atoms with E-state index in [-0.39, 0.29) is 12.1 Å². The van der Waals surface area contributed by atoms with E-state index in [0.29, 0.717) is 29.6 Å². The summed E-state index contributed by atoms with van der Waals surface area (Å²) in [6, 6.07) is 3.05. The minimum absolute atomic E-state index is 0.129. The highest BCUT2D eigenvalue weighted by Crippen LogP contribution is 2.45. The van der Waals surface area contributed by atoms with Crippen LogP contribution in [0.15, 0.2) is 54.7 Å². The quantitative estimate of drug-likeness (QED) is 0.159. The maximum Gasteiger partial charge on any atom is 0.416 e. The Morgan fingerprint density at radius 1 is 0.568 bits per heavy atom. The molecule has 4 aromatic rings. The Hall–Kier alpha value is -3.53. The number of rotatable bonds is 4. The van der Waals surface area contributed by atoms with Crippen molar-refractivity contribution in [2.45, 2.75) is 44.3 Å². The van der Waals surface area contributed by atoms with Crippen LogP contribution in [0.1, 0.15) is 22.3 Å². The molecule has 0 aliphatic heterocycles. The van der Waals surface area contributed by atoms with Crippen LogP contribution < -0.4 is 5.32 Å². The molecule has 3 nitrogen and oxygen atoms in total. The minimum atomic E-state index is -5.27. The van der Waals surface area contributed by atoms with Crippen molar-refractivity contribution in [3.63, 3.8) is 0 Å². The van der Waals surface area contributed by atoms with Gasteiger partial charge in [-0.15, -0.1) is 5.10 Å². The van der Waals surface area contributed by atoms with Crippen molar-refractivity contribution in [3.05, 3.63) is 82.0 Å². The van der Waals surface area contributed by atoms with E-state index in [4.69, 9.17) is 11.6 Å². The maximum absolute atomic E-state index is 13.7. The van der Waals surface area contributed by atoms with Gasteiger partial charge in [0.1, 0.15) is 8.07 Å². The van der Waals surface area contributed by atoms with Gasteiger partial charge in [-0.25, -0.2) is 4.68 Å². The summed E-state index contributed by atoms with van der Waals surface area (Å²) in [7, 11) is -2.30. The van der Waals surface area contributed by atoms with Crippen LogP contribution in [0.3, 0.4) is 0 Å². The van der Waals surface area contributed by atoms with Crippen molar-refractivity contribution in [1.29, 1.82) is 0 Å². The van der Waals surface area contributed by atoms with E-state index in [0.717, 1.165) is 16.8 Å². The zero-order valence-corrected chi connectivity index (χ0v) is 24.2. The predicted molar refractivity (Wildman–Crippen MR) is 140 cm³/mol. The Balaban J connectivity index is 2.19. The number of halogens is 13. The first kappa shape index (κ1) is 33.4. The predicted octanol–water partition coefficient (Wildman–Crippen LogP) is 9.88. The summed E-state index contributed by atoms with van der Waals surface area (Å²) in [5, 5.41) is 7.86. The number of benzene rings is 3. The molecule has 44 heavy (non-hydrogen) atoms. The lowest BCUT2D eigenvalue weighted by Crippen LogP contribution is -2.38. The van der Waals surface area contributed by atoms with Gasteiger partial charge in [-0.2, -0.15) is 52.7 Å².